The third-order valence-corrected chi connectivity index (χ3v) is 6.10. The summed E-state index contributed by atoms with van der Waals surface area (Å²) in [7, 11) is -3.87. The van der Waals surface area contributed by atoms with Crippen LogP contribution >= 0.6 is 0 Å². The second-order valence-electron chi connectivity index (χ2n) is 7.41. The molecule has 3 N–H and O–H groups in total. The second kappa shape index (κ2) is 9.70. The van der Waals surface area contributed by atoms with Crippen LogP contribution in [0.4, 0.5) is 17.1 Å². The van der Waals surface area contributed by atoms with Crippen molar-refractivity contribution in [2.75, 3.05) is 15.4 Å². The number of hydrogen-bond donors (Lipinski definition) is 3. The molecule has 3 rings (SSSR count). The number of hydrogen-bond acceptors (Lipinski definition) is 6. The first-order chi connectivity index (χ1) is 15.5. The fourth-order valence-corrected chi connectivity index (χ4v) is 4.39. The Morgan fingerprint density at radius 2 is 1.55 bits per heavy atom. The summed E-state index contributed by atoms with van der Waals surface area (Å²) < 4.78 is 33.8. The van der Waals surface area contributed by atoms with Gasteiger partial charge in [-0.2, -0.15) is 0 Å². The second-order valence-corrected chi connectivity index (χ2v) is 9.06. The van der Waals surface area contributed by atoms with Crippen LogP contribution < -0.4 is 15.4 Å². The third kappa shape index (κ3) is 6.07. The summed E-state index contributed by atoms with van der Waals surface area (Å²) in [5.74, 6) is -0.116. The summed E-state index contributed by atoms with van der Waals surface area (Å²) in [4.78, 5) is 22.7. The molecule has 2 aromatic carbocycles. The largest absolute Gasteiger partial charge is 0.354 e. The highest BCUT2D eigenvalue weighted by Gasteiger charge is 2.18. The molecule has 1 heterocycles. The molecule has 0 atom stereocenters. The number of benzene rings is 2. The molecule has 10 heteroatoms. The topological polar surface area (TPSA) is 130 Å². The van der Waals surface area contributed by atoms with Crippen molar-refractivity contribution < 1.29 is 22.5 Å². The van der Waals surface area contributed by atoms with Crippen LogP contribution in [0, 0.1) is 13.8 Å². The Bertz CT molecular complexity index is 1330. The van der Waals surface area contributed by atoms with E-state index in [-0.39, 0.29) is 16.7 Å². The van der Waals surface area contributed by atoms with Gasteiger partial charge in [0.15, 0.2) is 5.76 Å². The van der Waals surface area contributed by atoms with Crippen LogP contribution in [-0.2, 0) is 19.6 Å². The van der Waals surface area contributed by atoms with E-state index in [1.54, 1.807) is 68.5 Å². The molecule has 1 aromatic heterocycles. The summed E-state index contributed by atoms with van der Waals surface area (Å²) in [6.07, 6.45) is 3.28. The molecule has 0 saturated heterocycles. The van der Waals surface area contributed by atoms with Gasteiger partial charge >= 0.3 is 0 Å². The van der Waals surface area contributed by atoms with Gasteiger partial charge in [0.25, 0.3) is 10.0 Å². The first kappa shape index (κ1) is 23.7. The molecule has 0 saturated carbocycles. The number of aromatic nitrogens is 1. The van der Waals surface area contributed by atoms with Crippen molar-refractivity contribution in [3.8, 4) is 0 Å². The van der Waals surface area contributed by atoms with Crippen molar-refractivity contribution in [2.45, 2.75) is 32.6 Å². The monoisotopic (exact) mass is 468 g/mol. The number of carbonyl (C=O) groups excluding carboxylic acids is 2. The van der Waals surface area contributed by atoms with Gasteiger partial charge in [-0.3, -0.25) is 14.3 Å². The van der Waals surface area contributed by atoms with Crippen molar-refractivity contribution in [2.24, 2.45) is 0 Å². The smallest absolute Gasteiger partial charge is 0.262 e. The molecule has 2 amide bonds. The first-order valence-electron chi connectivity index (χ1n) is 9.98. The molecule has 9 nitrogen and oxygen atoms in total. The van der Waals surface area contributed by atoms with Crippen LogP contribution in [0.15, 0.2) is 51.9 Å². The summed E-state index contributed by atoms with van der Waals surface area (Å²) >= 11 is 0. The Balaban J connectivity index is 1.84. The quantitative estimate of drug-likeness (QED) is 0.477. The lowest BCUT2D eigenvalue weighted by atomic mass is 10.1. The van der Waals surface area contributed by atoms with Gasteiger partial charge in [0, 0.05) is 25.2 Å². The summed E-state index contributed by atoms with van der Waals surface area (Å²) in [5, 5.41) is 9.15. The third-order valence-electron chi connectivity index (χ3n) is 4.58. The van der Waals surface area contributed by atoms with Crippen LogP contribution in [0.2, 0.25) is 0 Å². The molecule has 0 unspecified atom stereocenters. The van der Waals surface area contributed by atoms with E-state index < -0.39 is 10.0 Å². The van der Waals surface area contributed by atoms with Crippen molar-refractivity contribution >= 4 is 51.1 Å². The van der Waals surface area contributed by atoms with Crippen molar-refractivity contribution in [3.05, 3.63) is 65.0 Å². The molecule has 33 heavy (non-hydrogen) atoms. The number of nitrogens with zero attached hydrogens (tertiary/aromatic N) is 1. The summed E-state index contributed by atoms with van der Waals surface area (Å²) in [6.45, 7) is 6.19. The lowest BCUT2D eigenvalue weighted by molar-refractivity contribution is -0.115. The van der Waals surface area contributed by atoms with Crippen molar-refractivity contribution in [1.82, 2.24) is 5.16 Å². The van der Waals surface area contributed by atoms with E-state index in [1.807, 2.05) is 0 Å². The molecule has 0 bridgehead atoms. The van der Waals surface area contributed by atoms with Crippen LogP contribution in [-0.4, -0.2) is 25.4 Å². The maximum atomic E-state index is 13.0. The van der Waals surface area contributed by atoms with E-state index >= 15 is 0 Å². The van der Waals surface area contributed by atoms with Gasteiger partial charge in [0.05, 0.1) is 4.90 Å². The SMILES string of the molecule is CC(=O)Nc1ccc(NS(=O)(=O)c2cc(C=Cc3onc(C)c3NC(C)=O)ccc2C)cc1. The van der Waals surface area contributed by atoms with Gasteiger partial charge in [0.1, 0.15) is 11.4 Å². The van der Waals surface area contributed by atoms with E-state index in [4.69, 9.17) is 4.52 Å². The highest BCUT2D eigenvalue weighted by atomic mass is 32.2. The van der Waals surface area contributed by atoms with Crippen LogP contribution in [0.25, 0.3) is 12.2 Å². The molecule has 0 aliphatic rings. The standard InChI is InChI=1S/C23H24N4O5S/c1-14-5-6-18(7-12-21-23(25-17(4)29)15(2)26-32-21)13-22(14)33(30,31)27-20-10-8-19(9-11-20)24-16(3)28/h5-13,27H,1-4H3,(H,24,28)(H,25,29). The Kier molecular flexibility index (Phi) is 6.98. The number of amides is 2. The van der Waals surface area contributed by atoms with E-state index in [0.29, 0.717) is 39.6 Å². The molecule has 0 aliphatic carbocycles. The van der Waals surface area contributed by atoms with E-state index in [1.165, 1.54) is 13.8 Å². The number of carbonyl (C=O) groups is 2. The number of rotatable bonds is 7. The van der Waals surface area contributed by atoms with E-state index in [2.05, 4.69) is 20.5 Å². The van der Waals surface area contributed by atoms with Crippen LogP contribution in [0.3, 0.4) is 0 Å². The Labute approximate surface area is 191 Å². The molecular weight excluding hydrogens is 444 g/mol. The Hall–Kier alpha value is -3.92. The van der Waals surface area contributed by atoms with E-state index in [9.17, 15) is 18.0 Å². The number of aryl methyl sites for hydroxylation is 2. The minimum atomic E-state index is -3.87. The van der Waals surface area contributed by atoms with Gasteiger partial charge in [-0.15, -0.1) is 0 Å². The maximum Gasteiger partial charge on any atom is 0.262 e. The normalized spacial score (nSPS) is 11.4. The fraction of sp³-hybridized carbons (Fsp3) is 0.174. The molecule has 0 spiro atoms. The molecule has 0 radical (unpaired) electrons. The van der Waals surface area contributed by atoms with Gasteiger partial charge in [-0.1, -0.05) is 23.4 Å². The summed E-state index contributed by atoms with van der Waals surface area (Å²) in [6, 6.07) is 11.4. The number of anilines is 3. The lowest BCUT2D eigenvalue weighted by Gasteiger charge is -2.12. The molecule has 0 fully saturated rings. The number of nitrogens with one attached hydrogen (secondary N) is 3. The van der Waals surface area contributed by atoms with Gasteiger partial charge < -0.3 is 15.2 Å². The van der Waals surface area contributed by atoms with Crippen molar-refractivity contribution in [3.63, 3.8) is 0 Å². The average Bonchev–Trinajstić information content (AvgIpc) is 3.07. The predicted molar refractivity (Wildman–Crippen MR) is 127 cm³/mol. The predicted octanol–water partition coefficient (Wildman–Crippen LogP) is 4.18. The lowest BCUT2D eigenvalue weighted by Crippen LogP contribution is -2.14. The van der Waals surface area contributed by atoms with Gasteiger partial charge in [0.2, 0.25) is 11.8 Å². The maximum absolute atomic E-state index is 13.0. The highest BCUT2D eigenvalue weighted by Crippen LogP contribution is 2.25. The minimum Gasteiger partial charge on any atom is -0.354 e. The average molecular weight is 469 g/mol. The zero-order chi connectivity index (χ0) is 24.2. The van der Waals surface area contributed by atoms with Crippen LogP contribution in [0.5, 0.6) is 0 Å². The fourth-order valence-electron chi connectivity index (χ4n) is 3.05. The minimum absolute atomic E-state index is 0.117. The molecule has 0 aliphatic heterocycles. The Morgan fingerprint density at radius 3 is 2.18 bits per heavy atom. The summed E-state index contributed by atoms with van der Waals surface area (Å²) in [5.41, 5.74) is 3.11. The molecule has 172 valence electrons. The number of sulfonamides is 1. The zero-order valence-corrected chi connectivity index (χ0v) is 19.4. The van der Waals surface area contributed by atoms with Crippen molar-refractivity contribution in [1.29, 1.82) is 0 Å². The Morgan fingerprint density at radius 1 is 0.909 bits per heavy atom. The zero-order valence-electron chi connectivity index (χ0n) is 18.6. The van der Waals surface area contributed by atoms with Crippen LogP contribution in [0.1, 0.15) is 36.4 Å². The molecular formula is C23H24N4O5S. The van der Waals surface area contributed by atoms with Gasteiger partial charge in [-0.05, 0) is 61.4 Å². The highest BCUT2D eigenvalue weighted by molar-refractivity contribution is 7.92. The molecule has 3 aromatic rings. The van der Waals surface area contributed by atoms with E-state index in [0.717, 1.165) is 0 Å². The van der Waals surface area contributed by atoms with Gasteiger partial charge in [-0.25, -0.2) is 8.42 Å². The first-order valence-corrected chi connectivity index (χ1v) is 11.5.